The molecular formula is C9H11BrO5. The third kappa shape index (κ3) is 3.05. The number of aliphatic hydroxyl groups excluding tert-OH is 2. The van der Waals surface area contributed by atoms with Gasteiger partial charge in [0.25, 0.3) is 0 Å². The maximum atomic E-state index is 11.1. The fourth-order valence-electron chi connectivity index (χ4n) is 0.999. The zero-order valence-corrected chi connectivity index (χ0v) is 9.60. The van der Waals surface area contributed by atoms with Gasteiger partial charge in [-0.3, -0.25) is 0 Å². The zero-order valence-electron chi connectivity index (χ0n) is 8.01. The second-order valence-electron chi connectivity index (χ2n) is 2.78. The Morgan fingerprint density at radius 2 is 2.27 bits per heavy atom. The molecule has 5 nitrogen and oxygen atoms in total. The van der Waals surface area contributed by atoms with Gasteiger partial charge in [-0.15, -0.1) is 0 Å². The van der Waals surface area contributed by atoms with E-state index in [-0.39, 0.29) is 12.4 Å². The van der Waals surface area contributed by atoms with E-state index in [1.165, 1.54) is 6.07 Å². The number of ether oxygens (including phenoxy) is 1. The highest BCUT2D eigenvalue weighted by molar-refractivity contribution is 9.10. The van der Waals surface area contributed by atoms with E-state index in [0.717, 1.165) is 0 Å². The SMILES string of the molecule is CCOC(=O)C(O)C(O)c1ccc(Br)o1. The van der Waals surface area contributed by atoms with E-state index in [2.05, 4.69) is 20.7 Å². The molecule has 0 aliphatic rings. The quantitative estimate of drug-likeness (QED) is 0.804. The minimum Gasteiger partial charge on any atom is -0.464 e. The predicted octanol–water partition coefficient (Wildman–Crippen LogP) is 0.999. The van der Waals surface area contributed by atoms with Crippen molar-refractivity contribution in [2.24, 2.45) is 0 Å². The number of hydrogen-bond acceptors (Lipinski definition) is 5. The summed E-state index contributed by atoms with van der Waals surface area (Å²) < 4.78 is 9.95. The van der Waals surface area contributed by atoms with Gasteiger partial charge < -0.3 is 19.4 Å². The van der Waals surface area contributed by atoms with Gasteiger partial charge in [0.2, 0.25) is 0 Å². The summed E-state index contributed by atoms with van der Waals surface area (Å²) in [6.45, 7) is 1.75. The van der Waals surface area contributed by atoms with Crippen molar-refractivity contribution in [2.75, 3.05) is 6.61 Å². The first-order valence-corrected chi connectivity index (χ1v) is 5.13. The van der Waals surface area contributed by atoms with Gasteiger partial charge in [-0.05, 0) is 35.0 Å². The lowest BCUT2D eigenvalue weighted by Crippen LogP contribution is -2.29. The molecule has 15 heavy (non-hydrogen) atoms. The first-order valence-electron chi connectivity index (χ1n) is 4.34. The maximum absolute atomic E-state index is 11.1. The van der Waals surface area contributed by atoms with Crippen molar-refractivity contribution in [3.8, 4) is 0 Å². The molecule has 0 bridgehead atoms. The maximum Gasteiger partial charge on any atom is 0.338 e. The summed E-state index contributed by atoms with van der Waals surface area (Å²) >= 11 is 3.04. The summed E-state index contributed by atoms with van der Waals surface area (Å²) in [7, 11) is 0. The molecule has 1 aromatic heterocycles. The van der Waals surface area contributed by atoms with Crippen LogP contribution in [-0.2, 0) is 9.53 Å². The Bertz CT molecular complexity index is 335. The van der Waals surface area contributed by atoms with E-state index in [4.69, 9.17) is 4.42 Å². The van der Waals surface area contributed by atoms with Crippen LogP contribution in [0.25, 0.3) is 0 Å². The summed E-state index contributed by atoms with van der Waals surface area (Å²) in [5, 5.41) is 18.9. The summed E-state index contributed by atoms with van der Waals surface area (Å²) in [6, 6.07) is 3.01. The molecule has 2 N–H and O–H groups in total. The molecule has 1 rings (SSSR count). The number of aliphatic hydroxyl groups is 2. The highest BCUT2D eigenvalue weighted by Gasteiger charge is 2.29. The molecule has 0 saturated heterocycles. The Balaban J connectivity index is 2.67. The molecule has 84 valence electrons. The van der Waals surface area contributed by atoms with Crippen molar-refractivity contribution in [1.29, 1.82) is 0 Å². The summed E-state index contributed by atoms with van der Waals surface area (Å²) in [5.74, 6) is -0.778. The number of carbonyl (C=O) groups is 1. The Labute approximate surface area is 94.8 Å². The van der Waals surface area contributed by atoms with Crippen LogP contribution in [0.3, 0.4) is 0 Å². The van der Waals surface area contributed by atoms with E-state index in [1.807, 2.05) is 0 Å². The minimum atomic E-state index is -1.64. The highest BCUT2D eigenvalue weighted by atomic mass is 79.9. The predicted molar refractivity (Wildman–Crippen MR) is 54.0 cm³/mol. The Hall–Kier alpha value is -0.850. The van der Waals surface area contributed by atoms with Crippen molar-refractivity contribution in [1.82, 2.24) is 0 Å². The summed E-state index contributed by atoms with van der Waals surface area (Å²) in [5.41, 5.74) is 0. The number of esters is 1. The number of hydrogen-bond donors (Lipinski definition) is 2. The van der Waals surface area contributed by atoms with Crippen molar-refractivity contribution in [2.45, 2.75) is 19.1 Å². The monoisotopic (exact) mass is 278 g/mol. The lowest BCUT2D eigenvalue weighted by Gasteiger charge is -2.13. The van der Waals surface area contributed by atoms with Crippen LogP contribution in [0.2, 0.25) is 0 Å². The second kappa shape index (κ2) is 5.29. The largest absolute Gasteiger partial charge is 0.464 e. The molecule has 1 heterocycles. The number of carbonyl (C=O) groups excluding carboxylic acids is 1. The number of furan rings is 1. The van der Waals surface area contributed by atoms with Crippen molar-refractivity contribution >= 4 is 21.9 Å². The fourth-order valence-corrected chi connectivity index (χ4v) is 1.32. The van der Waals surface area contributed by atoms with Gasteiger partial charge in [-0.2, -0.15) is 0 Å². The van der Waals surface area contributed by atoms with E-state index in [1.54, 1.807) is 13.0 Å². The average molecular weight is 279 g/mol. The molecular weight excluding hydrogens is 268 g/mol. The molecule has 0 aliphatic carbocycles. The normalized spacial score (nSPS) is 14.7. The highest BCUT2D eigenvalue weighted by Crippen LogP contribution is 2.23. The Kier molecular flexibility index (Phi) is 4.31. The molecule has 0 aromatic carbocycles. The van der Waals surface area contributed by atoms with E-state index >= 15 is 0 Å². The summed E-state index contributed by atoms with van der Waals surface area (Å²) in [6.07, 6.45) is -3.06. The van der Waals surface area contributed by atoms with E-state index < -0.39 is 18.2 Å². The van der Waals surface area contributed by atoms with Crippen LogP contribution in [0.5, 0.6) is 0 Å². The topological polar surface area (TPSA) is 79.9 Å². The van der Waals surface area contributed by atoms with E-state index in [0.29, 0.717) is 4.67 Å². The van der Waals surface area contributed by atoms with Crippen LogP contribution < -0.4 is 0 Å². The number of rotatable bonds is 4. The van der Waals surface area contributed by atoms with Crippen LogP contribution >= 0.6 is 15.9 Å². The van der Waals surface area contributed by atoms with E-state index in [9.17, 15) is 15.0 Å². The minimum absolute atomic E-state index is 0.0995. The molecule has 0 aliphatic heterocycles. The Morgan fingerprint density at radius 1 is 1.60 bits per heavy atom. The summed E-state index contributed by atoms with van der Waals surface area (Å²) in [4.78, 5) is 11.1. The van der Waals surface area contributed by atoms with Gasteiger partial charge in [-0.1, -0.05) is 0 Å². The van der Waals surface area contributed by atoms with Crippen LogP contribution in [-0.4, -0.2) is 28.9 Å². The first-order chi connectivity index (χ1) is 7.06. The third-order valence-electron chi connectivity index (χ3n) is 1.71. The van der Waals surface area contributed by atoms with Gasteiger partial charge in [0.05, 0.1) is 6.61 Å². The van der Waals surface area contributed by atoms with Gasteiger partial charge in [0.1, 0.15) is 11.9 Å². The van der Waals surface area contributed by atoms with Crippen LogP contribution in [0, 0.1) is 0 Å². The molecule has 2 unspecified atom stereocenters. The van der Waals surface area contributed by atoms with Crippen molar-refractivity contribution < 1.29 is 24.2 Å². The molecule has 6 heteroatoms. The third-order valence-corrected chi connectivity index (χ3v) is 2.14. The molecule has 0 radical (unpaired) electrons. The molecule has 0 fully saturated rings. The lowest BCUT2D eigenvalue weighted by atomic mass is 10.1. The van der Waals surface area contributed by atoms with Crippen LogP contribution in [0.1, 0.15) is 18.8 Å². The van der Waals surface area contributed by atoms with Gasteiger partial charge in [0, 0.05) is 0 Å². The first kappa shape index (κ1) is 12.2. The average Bonchev–Trinajstić information content (AvgIpc) is 2.63. The molecule has 0 saturated carbocycles. The molecule has 2 atom stereocenters. The molecule has 0 amide bonds. The van der Waals surface area contributed by atoms with Gasteiger partial charge >= 0.3 is 5.97 Å². The second-order valence-corrected chi connectivity index (χ2v) is 3.57. The standard InChI is InChI=1S/C9H11BrO5/c1-2-14-9(13)8(12)7(11)5-3-4-6(10)15-5/h3-4,7-8,11-12H,2H2,1H3. The zero-order chi connectivity index (χ0) is 11.4. The lowest BCUT2D eigenvalue weighted by molar-refractivity contribution is -0.160. The van der Waals surface area contributed by atoms with Crippen molar-refractivity contribution in [3.63, 3.8) is 0 Å². The smallest absolute Gasteiger partial charge is 0.338 e. The fraction of sp³-hybridized carbons (Fsp3) is 0.444. The molecule has 0 spiro atoms. The van der Waals surface area contributed by atoms with Crippen LogP contribution in [0.4, 0.5) is 0 Å². The van der Waals surface area contributed by atoms with Gasteiger partial charge in [0.15, 0.2) is 10.8 Å². The van der Waals surface area contributed by atoms with Gasteiger partial charge in [-0.25, -0.2) is 4.79 Å². The van der Waals surface area contributed by atoms with Crippen molar-refractivity contribution in [3.05, 3.63) is 22.6 Å². The Morgan fingerprint density at radius 3 is 2.73 bits per heavy atom. The number of halogens is 1. The van der Waals surface area contributed by atoms with Crippen LogP contribution in [0.15, 0.2) is 21.2 Å². The molecule has 1 aromatic rings.